The molecule has 0 aromatic rings. The van der Waals surface area contributed by atoms with Crippen molar-refractivity contribution < 1.29 is 9.47 Å². The van der Waals surface area contributed by atoms with Crippen molar-refractivity contribution in [1.29, 1.82) is 0 Å². The van der Waals surface area contributed by atoms with E-state index in [-0.39, 0.29) is 17.7 Å². The van der Waals surface area contributed by atoms with E-state index in [2.05, 4.69) is 41.3 Å². The van der Waals surface area contributed by atoms with Gasteiger partial charge in [-0.3, -0.25) is 4.99 Å². The van der Waals surface area contributed by atoms with Gasteiger partial charge < -0.3 is 25.0 Å². The Morgan fingerprint density at radius 2 is 1.95 bits per heavy atom. The molecule has 0 aliphatic carbocycles. The van der Waals surface area contributed by atoms with Gasteiger partial charge >= 0.3 is 0 Å². The van der Waals surface area contributed by atoms with Gasteiger partial charge in [-0.2, -0.15) is 0 Å². The largest absolute Gasteiger partial charge is 0.375 e. The van der Waals surface area contributed by atoms with Gasteiger partial charge in [0.1, 0.15) is 6.10 Å². The van der Waals surface area contributed by atoms with E-state index in [1.54, 1.807) is 0 Å². The van der Waals surface area contributed by atoms with Crippen LogP contribution in [0.2, 0.25) is 0 Å². The fourth-order valence-electron chi connectivity index (χ4n) is 2.93. The molecule has 2 saturated heterocycles. The number of guanidine groups is 1. The molecule has 0 radical (unpaired) electrons. The van der Waals surface area contributed by atoms with Crippen LogP contribution in [0.1, 0.15) is 33.6 Å². The quantitative estimate of drug-likeness (QED) is 0.457. The summed E-state index contributed by atoms with van der Waals surface area (Å²) in [7, 11) is 1.84. The number of hydrogen-bond acceptors (Lipinski definition) is 4. The molecule has 0 aromatic carbocycles. The van der Waals surface area contributed by atoms with Crippen molar-refractivity contribution in [3.8, 4) is 0 Å². The van der Waals surface area contributed by atoms with Gasteiger partial charge in [-0.1, -0.05) is 0 Å². The van der Waals surface area contributed by atoms with Crippen LogP contribution < -0.4 is 10.6 Å². The number of ether oxygens (including phenoxy) is 2. The van der Waals surface area contributed by atoms with Crippen LogP contribution in [-0.4, -0.2) is 75.0 Å². The van der Waals surface area contributed by atoms with Gasteiger partial charge in [0, 0.05) is 45.4 Å². The maximum atomic E-state index is 5.90. The molecule has 2 N–H and O–H groups in total. The van der Waals surface area contributed by atoms with Gasteiger partial charge in [-0.15, -0.1) is 0 Å². The minimum absolute atomic E-state index is 0.148. The summed E-state index contributed by atoms with van der Waals surface area (Å²) in [6.45, 7) is 11.7. The topological polar surface area (TPSA) is 58.1 Å². The van der Waals surface area contributed by atoms with Crippen LogP contribution in [0.4, 0.5) is 0 Å². The van der Waals surface area contributed by atoms with Crippen molar-refractivity contribution >= 4 is 5.96 Å². The van der Waals surface area contributed by atoms with Crippen molar-refractivity contribution in [1.82, 2.24) is 15.5 Å². The zero-order valence-electron chi connectivity index (χ0n) is 14.5. The Balaban J connectivity index is 1.77. The maximum Gasteiger partial charge on any atom is 0.193 e. The zero-order valence-corrected chi connectivity index (χ0v) is 14.5. The fraction of sp³-hybridized carbons (Fsp3) is 0.938. The van der Waals surface area contributed by atoms with Gasteiger partial charge in [0.15, 0.2) is 5.96 Å². The van der Waals surface area contributed by atoms with Crippen molar-refractivity contribution in [2.45, 2.75) is 51.4 Å². The summed E-state index contributed by atoms with van der Waals surface area (Å²) in [5.41, 5.74) is 0.148. The predicted molar refractivity (Wildman–Crippen MR) is 89.4 cm³/mol. The number of rotatable bonds is 4. The molecule has 2 atom stereocenters. The Hall–Kier alpha value is -0.850. The number of aliphatic imine (C=N–C) groups is 1. The Kier molecular flexibility index (Phi) is 6.47. The standard InChI is InChI=1S/C16H32N4O2/c1-16(2,3)19-8-7-18-15(17-4)20-9-11-22-14(12-20)13-6-5-10-21-13/h13-14,19H,5-12H2,1-4H3,(H,17,18). The van der Waals surface area contributed by atoms with Crippen molar-refractivity contribution in [2.24, 2.45) is 4.99 Å². The van der Waals surface area contributed by atoms with Crippen LogP contribution in [0.25, 0.3) is 0 Å². The molecule has 0 bridgehead atoms. The van der Waals surface area contributed by atoms with Crippen molar-refractivity contribution in [2.75, 3.05) is 46.4 Å². The molecule has 2 heterocycles. The summed E-state index contributed by atoms with van der Waals surface area (Å²) in [5.74, 6) is 0.960. The first-order valence-electron chi connectivity index (χ1n) is 8.43. The van der Waals surface area contributed by atoms with Gasteiger partial charge in [-0.25, -0.2) is 0 Å². The van der Waals surface area contributed by atoms with Gasteiger partial charge in [-0.05, 0) is 33.6 Å². The summed E-state index contributed by atoms with van der Waals surface area (Å²) in [6.07, 6.45) is 2.68. The zero-order chi connectivity index (χ0) is 16.0. The first kappa shape index (κ1) is 17.5. The van der Waals surface area contributed by atoms with E-state index in [4.69, 9.17) is 9.47 Å². The highest BCUT2D eigenvalue weighted by atomic mass is 16.5. The van der Waals surface area contributed by atoms with E-state index in [1.165, 1.54) is 0 Å². The molecule has 2 aliphatic heterocycles. The highest BCUT2D eigenvalue weighted by Gasteiger charge is 2.32. The van der Waals surface area contributed by atoms with E-state index in [1.807, 2.05) is 7.05 Å². The van der Waals surface area contributed by atoms with Crippen LogP contribution >= 0.6 is 0 Å². The lowest BCUT2D eigenvalue weighted by atomic mass is 10.1. The van der Waals surface area contributed by atoms with E-state index in [9.17, 15) is 0 Å². The molecule has 0 spiro atoms. The molecule has 0 saturated carbocycles. The van der Waals surface area contributed by atoms with Gasteiger partial charge in [0.25, 0.3) is 0 Å². The molecule has 22 heavy (non-hydrogen) atoms. The molecule has 6 heteroatoms. The molecule has 2 fully saturated rings. The Morgan fingerprint density at radius 1 is 1.18 bits per heavy atom. The molecular formula is C16H32N4O2. The smallest absolute Gasteiger partial charge is 0.193 e. The molecule has 0 aromatic heterocycles. The second-order valence-electron chi connectivity index (χ2n) is 7.06. The van der Waals surface area contributed by atoms with Crippen LogP contribution in [0, 0.1) is 0 Å². The highest BCUT2D eigenvalue weighted by molar-refractivity contribution is 5.80. The lowest BCUT2D eigenvalue weighted by Crippen LogP contribution is -2.54. The third-order valence-corrected chi connectivity index (χ3v) is 4.05. The summed E-state index contributed by atoms with van der Waals surface area (Å²) >= 11 is 0. The second kappa shape index (κ2) is 8.13. The molecule has 6 nitrogen and oxygen atoms in total. The highest BCUT2D eigenvalue weighted by Crippen LogP contribution is 2.20. The predicted octanol–water partition coefficient (Wildman–Crippen LogP) is 0.830. The summed E-state index contributed by atoms with van der Waals surface area (Å²) in [4.78, 5) is 6.70. The minimum Gasteiger partial charge on any atom is -0.375 e. The lowest BCUT2D eigenvalue weighted by Gasteiger charge is -2.37. The van der Waals surface area contributed by atoms with E-state index in [0.717, 1.165) is 58.2 Å². The first-order valence-corrected chi connectivity index (χ1v) is 8.43. The molecule has 2 rings (SSSR count). The third-order valence-electron chi connectivity index (χ3n) is 4.05. The first-order chi connectivity index (χ1) is 10.5. The number of morpholine rings is 1. The molecule has 0 amide bonds. The van der Waals surface area contributed by atoms with Crippen LogP contribution in [0.5, 0.6) is 0 Å². The Labute approximate surface area is 134 Å². The average molecular weight is 312 g/mol. The fourth-order valence-corrected chi connectivity index (χ4v) is 2.93. The lowest BCUT2D eigenvalue weighted by molar-refractivity contribution is -0.0816. The maximum absolute atomic E-state index is 5.90. The number of hydrogen-bond donors (Lipinski definition) is 2. The summed E-state index contributed by atoms with van der Waals surface area (Å²) in [6, 6.07) is 0. The van der Waals surface area contributed by atoms with E-state index in [0.29, 0.717) is 0 Å². The average Bonchev–Trinajstić information content (AvgIpc) is 3.01. The minimum atomic E-state index is 0.148. The van der Waals surface area contributed by atoms with E-state index < -0.39 is 0 Å². The summed E-state index contributed by atoms with van der Waals surface area (Å²) < 4.78 is 11.7. The third kappa shape index (κ3) is 5.41. The second-order valence-corrected chi connectivity index (χ2v) is 7.06. The van der Waals surface area contributed by atoms with Gasteiger partial charge in [0.05, 0.1) is 12.7 Å². The Morgan fingerprint density at radius 3 is 2.59 bits per heavy atom. The normalized spacial score (nSPS) is 27.3. The van der Waals surface area contributed by atoms with Gasteiger partial charge in [0.2, 0.25) is 0 Å². The molecule has 2 aliphatic rings. The SMILES string of the molecule is CN=C(NCCNC(C)(C)C)N1CCOC(C2CCCO2)C1. The van der Waals surface area contributed by atoms with E-state index >= 15 is 0 Å². The molecule has 128 valence electrons. The number of nitrogens with zero attached hydrogens (tertiary/aromatic N) is 2. The number of nitrogens with one attached hydrogen (secondary N) is 2. The van der Waals surface area contributed by atoms with Crippen LogP contribution in [0.3, 0.4) is 0 Å². The van der Waals surface area contributed by atoms with Crippen molar-refractivity contribution in [3.05, 3.63) is 0 Å². The molecule has 2 unspecified atom stereocenters. The molecular weight excluding hydrogens is 280 g/mol. The monoisotopic (exact) mass is 312 g/mol. The van der Waals surface area contributed by atoms with Crippen molar-refractivity contribution in [3.63, 3.8) is 0 Å². The van der Waals surface area contributed by atoms with Crippen LogP contribution in [0.15, 0.2) is 4.99 Å². The Bertz CT molecular complexity index is 362. The van der Waals surface area contributed by atoms with Crippen LogP contribution in [-0.2, 0) is 9.47 Å². The summed E-state index contributed by atoms with van der Waals surface area (Å²) in [5, 5.41) is 6.92.